The van der Waals surface area contributed by atoms with Crippen LogP contribution >= 0.6 is 11.8 Å². The quantitative estimate of drug-likeness (QED) is 0.593. The highest BCUT2D eigenvalue weighted by atomic mass is 32.2. The van der Waals surface area contributed by atoms with Crippen LogP contribution in [0.3, 0.4) is 0 Å². The second kappa shape index (κ2) is 6.51. The van der Waals surface area contributed by atoms with Gasteiger partial charge in [0.05, 0.1) is 12.0 Å². The molecular weight excluding hydrogens is 278 g/mol. The fourth-order valence-corrected chi connectivity index (χ4v) is 2.29. The number of thioether (sulfide) groups is 1. The molecule has 0 unspecified atom stereocenters. The zero-order chi connectivity index (χ0) is 14.5. The lowest BCUT2D eigenvalue weighted by Gasteiger charge is -2.07. The average molecular weight is 295 g/mol. The topological polar surface area (TPSA) is 90.5 Å². The van der Waals surface area contributed by atoms with Gasteiger partial charge in [-0.2, -0.15) is 0 Å². The van der Waals surface area contributed by atoms with Crippen LogP contribution in [0.5, 0.6) is 0 Å². The van der Waals surface area contributed by atoms with E-state index < -0.39 is 0 Å². The van der Waals surface area contributed by atoms with Crippen LogP contribution in [-0.4, -0.2) is 48.0 Å². The Morgan fingerprint density at radius 3 is 2.85 bits per heavy atom. The molecule has 0 saturated carbocycles. The summed E-state index contributed by atoms with van der Waals surface area (Å²) in [6, 6.07) is 0. The normalized spacial score (nSPS) is 10.8. The highest BCUT2D eigenvalue weighted by Gasteiger charge is 2.07. The number of hydrogen-bond acceptors (Lipinski definition) is 6. The molecule has 0 bridgehead atoms. The van der Waals surface area contributed by atoms with Gasteiger partial charge in [0.25, 0.3) is 0 Å². The molecule has 1 N–H and O–H groups in total. The first-order chi connectivity index (χ1) is 9.58. The monoisotopic (exact) mass is 295 g/mol. The molecule has 0 fully saturated rings. The van der Waals surface area contributed by atoms with Crippen LogP contribution in [0.1, 0.15) is 11.4 Å². The number of nitrogens with zero attached hydrogens (tertiary/aromatic N) is 6. The minimum absolute atomic E-state index is 0.0257. The lowest BCUT2D eigenvalue weighted by atomic mass is 10.4. The molecule has 0 aliphatic rings. The number of aromatic nitrogens is 6. The Kier molecular flexibility index (Phi) is 4.72. The third kappa shape index (κ3) is 3.56. The lowest BCUT2D eigenvalue weighted by molar-refractivity contribution is -0.121. The van der Waals surface area contributed by atoms with E-state index in [2.05, 4.69) is 25.8 Å². The minimum atomic E-state index is -0.0257. The van der Waals surface area contributed by atoms with Crippen molar-refractivity contribution in [3.63, 3.8) is 0 Å². The van der Waals surface area contributed by atoms with Crippen LogP contribution < -0.4 is 5.32 Å². The summed E-state index contributed by atoms with van der Waals surface area (Å²) in [7, 11) is 1.78. The Morgan fingerprint density at radius 1 is 1.45 bits per heavy atom. The highest BCUT2D eigenvalue weighted by molar-refractivity contribution is 7.99. The van der Waals surface area contributed by atoms with Gasteiger partial charge in [0, 0.05) is 25.0 Å². The zero-order valence-electron chi connectivity index (χ0n) is 11.7. The number of rotatable bonds is 6. The third-order valence-corrected chi connectivity index (χ3v) is 3.91. The van der Waals surface area contributed by atoms with E-state index in [1.807, 2.05) is 18.4 Å². The number of imidazole rings is 1. The van der Waals surface area contributed by atoms with Gasteiger partial charge in [0.1, 0.15) is 6.54 Å². The lowest BCUT2D eigenvalue weighted by Crippen LogP contribution is -2.29. The molecule has 2 rings (SSSR count). The Balaban J connectivity index is 1.70. The minimum Gasteiger partial charge on any atom is -0.354 e. The van der Waals surface area contributed by atoms with Crippen molar-refractivity contribution in [3.8, 4) is 0 Å². The summed E-state index contributed by atoms with van der Waals surface area (Å²) < 4.78 is 3.44. The van der Waals surface area contributed by atoms with E-state index in [1.165, 1.54) is 11.8 Å². The molecule has 9 heteroatoms. The Hall–Kier alpha value is -1.90. The second-order valence-electron chi connectivity index (χ2n) is 4.33. The summed E-state index contributed by atoms with van der Waals surface area (Å²) in [6.45, 7) is 4.74. The van der Waals surface area contributed by atoms with E-state index in [0.717, 1.165) is 22.3 Å². The van der Waals surface area contributed by atoms with Crippen molar-refractivity contribution in [2.75, 3.05) is 12.3 Å². The fourth-order valence-electron chi connectivity index (χ4n) is 1.59. The van der Waals surface area contributed by atoms with E-state index in [9.17, 15) is 4.79 Å². The van der Waals surface area contributed by atoms with Crippen LogP contribution in [0.4, 0.5) is 0 Å². The van der Waals surface area contributed by atoms with Crippen molar-refractivity contribution in [2.45, 2.75) is 25.5 Å². The van der Waals surface area contributed by atoms with Gasteiger partial charge in [-0.15, -0.1) is 5.10 Å². The number of tetrazole rings is 1. The van der Waals surface area contributed by atoms with Gasteiger partial charge >= 0.3 is 0 Å². The molecule has 2 aromatic heterocycles. The number of amides is 1. The number of aryl methyl sites for hydroxylation is 2. The van der Waals surface area contributed by atoms with Gasteiger partial charge < -0.3 is 9.88 Å². The number of carbonyl (C=O) groups is 1. The Bertz CT molecular complexity index is 591. The molecule has 0 atom stereocenters. The van der Waals surface area contributed by atoms with Gasteiger partial charge in [-0.3, -0.25) is 4.79 Å². The van der Waals surface area contributed by atoms with Crippen molar-refractivity contribution < 1.29 is 4.79 Å². The molecule has 0 aromatic carbocycles. The molecule has 1 amide bonds. The Morgan fingerprint density at radius 2 is 2.25 bits per heavy atom. The van der Waals surface area contributed by atoms with E-state index >= 15 is 0 Å². The first-order valence-electron chi connectivity index (χ1n) is 6.18. The molecule has 108 valence electrons. The smallest absolute Gasteiger partial charge is 0.240 e. The largest absolute Gasteiger partial charge is 0.354 e. The van der Waals surface area contributed by atoms with Crippen LogP contribution in [-0.2, 0) is 18.4 Å². The summed E-state index contributed by atoms with van der Waals surface area (Å²) >= 11 is 1.50. The molecule has 0 spiro atoms. The first-order valence-corrected chi connectivity index (χ1v) is 7.16. The van der Waals surface area contributed by atoms with Gasteiger partial charge in [-0.1, -0.05) is 11.8 Å². The summed E-state index contributed by atoms with van der Waals surface area (Å²) in [5.41, 5.74) is 1.96. The maximum absolute atomic E-state index is 11.8. The van der Waals surface area contributed by atoms with E-state index in [0.29, 0.717) is 13.1 Å². The molecule has 0 radical (unpaired) electrons. The van der Waals surface area contributed by atoms with Crippen molar-refractivity contribution in [2.24, 2.45) is 7.05 Å². The number of nitrogens with one attached hydrogen (secondary N) is 1. The zero-order valence-corrected chi connectivity index (χ0v) is 12.5. The molecule has 0 saturated heterocycles. The predicted molar refractivity (Wildman–Crippen MR) is 74.2 cm³/mol. The molecule has 2 aromatic rings. The Labute approximate surface area is 120 Å². The van der Waals surface area contributed by atoms with Crippen LogP contribution in [0.25, 0.3) is 0 Å². The van der Waals surface area contributed by atoms with Crippen molar-refractivity contribution in [1.82, 2.24) is 35.1 Å². The van der Waals surface area contributed by atoms with Crippen molar-refractivity contribution in [3.05, 3.63) is 17.7 Å². The SMILES string of the molecule is Cc1ncn(CC(=O)NCCSc2nnnn2C)c1C. The first kappa shape index (κ1) is 14.5. The molecule has 20 heavy (non-hydrogen) atoms. The summed E-state index contributed by atoms with van der Waals surface area (Å²) in [5, 5.41) is 14.7. The van der Waals surface area contributed by atoms with Crippen molar-refractivity contribution in [1.29, 1.82) is 0 Å². The maximum Gasteiger partial charge on any atom is 0.240 e. The van der Waals surface area contributed by atoms with E-state index in [1.54, 1.807) is 18.1 Å². The molecular formula is C11H17N7OS. The molecule has 8 nitrogen and oxygen atoms in total. The second-order valence-corrected chi connectivity index (χ2v) is 5.39. The van der Waals surface area contributed by atoms with Gasteiger partial charge in [0.2, 0.25) is 11.1 Å². The standard InChI is InChI=1S/C11H17N7OS/c1-8-9(2)18(7-13-8)6-10(19)12-4-5-20-11-14-15-16-17(11)3/h7H,4-6H2,1-3H3,(H,12,19). The fraction of sp³-hybridized carbons (Fsp3) is 0.545. The van der Waals surface area contributed by atoms with Gasteiger partial charge in [-0.25, -0.2) is 9.67 Å². The average Bonchev–Trinajstić information content (AvgIpc) is 2.96. The third-order valence-electron chi connectivity index (χ3n) is 2.90. The maximum atomic E-state index is 11.8. The molecule has 2 heterocycles. The van der Waals surface area contributed by atoms with Crippen LogP contribution in [0, 0.1) is 13.8 Å². The summed E-state index contributed by atoms with van der Waals surface area (Å²) in [5.74, 6) is 0.698. The van der Waals surface area contributed by atoms with E-state index in [4.69, 9.17) is 0 Å². The van der Waals surface area contributed by atoms with Gasteiger partial charge in [0.15, 0.2) is 0 Å². The predicted octanol–water partition coefficient (Wildman–Crippen LogP) is -0.0681. The summed E-state index contributed by atoms with van der Waals surface area (Å²) in [6.07, 6.45) is 1.68. The van der Waals surface area contributed by atoms with Gasteiger partial charge in [-0.05, 0) is 24.3 Å². The number of hydrogen-bond donors (Lipinski definition) is 1. The van der Waals surface area contributed by atoms with E-state index in [-0.39, 0.29) is 5.91 Å². The van der Waals surface area contributed by atoms with Crippen LogP contribution in [0.15, 0.2) is 11.5 Å². The highest BCUT2D eigenvalue weighted by Crippen LogP contribution is 2.10. The van der Waals surface area contributed by atoms with Crippen molar-refractivity contribution >= 4 is 17.7 Å². The summed E-state index contributed by atoms with van der Waals surface area (Å²) in [4.78, 5) is 16.0. The molecule has 0 aliphatic heterocycles. The number of carbonyl (C=O) groups excluding carboxylic acids is 1. The van der Waals surface area contributed by atoms with Crippen LogP contribution in [0.2, 0.25) is 0 Å². The molecule has 0 aliphatic carbocycles.